The Hall–Kier alpha value is -2.90. The van der Waals surface area contributed by atoms with Crippen LogP contribution in [0.2, 0.25) is 0 Å². The third-order valence-electron chi connectivity index (χ3n) is 2.96. The molecule has 0 unspecified atom stereocenters. The van der Waals surface area contributed by atoms with Crippen LogP contribution < -0.4 is 11.0 Å². The lowest BCUT2D eigenvalue weighted by Gasteiger charge is -2.09. The molecule has 3 aromatic heterocycles. The molecule has 3 aromatic rings. The van der Waals surface area contributed by atoms with Crippen molar-refractivity contribution < 1.29 is 9.53 Å². The summed E-state index contributed by atoms with van der Waals surface area (Å²) in [6, 6.07) is 3.51. The van der Waals surface area contributed by atoms with Crippen molar-refractivity contribution >= 4 is 22.6 Å². The van der Waals surface area contributed by atoms with Crippen LogP contribution in [0.25, 0.3) is 16.6 Å². The third-order valence-corrected chi connectivity index (χ3v) is 2.96. The molecule has 21 heavy (non-hydrogen) atoms. The number of pyridine rings is 1. The van der Waals surface area contributed by atoms with Crippen LogP contribution in [-0.4, -0.2) is 32.0 Å². The number of nitrogens with one attached hydrogen (secondary N) is 1. The van der Waals surface area contributed by atoms with E-state index in [1.807, 2.05) is 13.0 Å². The number of aromatic nitrogens is 4. The van der Waals surface area contributed by atoms with Gasteiger partial charge in [-0.3, -0.25) is 4.79 Å². The van der Waals surface area contributed by atoms with E-state index in [0.29, 0.717) is 16.6 Å². The van der Waals surface area contributed by atoms with E-state index in [2.05, 4.69) is 15.5 Å². The Bertz CT molecular complexity index is 896. The number of amides is 1. The van der Waals surface area contributed by atoms with Crippen molar-refractivity contribution in [3.63, 3.8) is 0 Å². The number of carbonyl (C=O) groups excluding carboxylic acids is 1. The fourth-order valence-corrected chi connectivity index (χ4v) is 2.08. The summed E-state index contributed by atoms with van der Waals surface area (Å²) < 4.78 is 7.40. The number of fused-ring (bicyclic) bond motifs is 3. The van der Waals surface area contributed by atoms with Crippen molar-refractivity contribution in [2.24, 2.45) is 0 Å². The number of carbonyl (C=O) groups is 1. The van der Waals surface area contributed by atoms with Gasteiger partial charge in [0.1, 0.15) is 0 Å². The standard InChI is InChI=1S/C13H13N5O3/c1-3-21-13(20)16-17-5-4-10-9(12(17)19)7-14-11-6-8(2)15-18(10)11/h4-7H,3H2,1-2H3,(H,16,20). The Morgan fingerprint density at radius 1 is 1.48 bits per heavy atom. The first-order valence-corrected chi connectivity index (χ1v) is 6.40. The van der Waals surface area contributed by atoms with E-state index in [9.17, 15) is 9.59 Å². The zero-order chi connectivity index (χ0) is 15.0. The fraction of sp³-hybridized carbons (Fsp3) is 0.231. The first-order chi connectivity index (χ1) is 10.1. The van der Waals surface area contributed by atoms with Crippen molar-refractivity contribution in [1.29, 1.82) is 0 Å². The molecule has 0 saturated carbocycles. The van der Waals surface area contributed by atoms with Crippen LogP contribution >= 0.6 is 0 Å². The highest BCUT2D eigenvalue weighted by molar-refractivity contribution is 5.80. The highest BCUT2D eigenvalue weighted by Gasteiger charge is 2.10. The van der Waals surface area contributed by atoms with Crippen molar-refractivity contribution in [1.82, 2.24) is 19.3 Å². The Labute approximate surface area is 118 Å². The molecule has 0 atom stereocenters. The lowest BCUT2D eigenvalue weighted by molar-refractivity contribution is 0.164. The average Bonchev–Trinajstić information content (AvgIpc) is 2.82. The molecule has 0 aromatic carbocycles. The van der Waals surface area contributed by atoms with Gasteiger partial charge < -0.3 is 4.74 Å². The minimum atomic E-state index is -0.692. The minimum absolute atomic E-state index is 0.225. The fourth-order valence-electron chi connectivity index (χ4n) is 2.08. The molecule has 108 valence electrons. The largest absolute Gasteiger partial charge is 0.449 e. The van der Waals surface area contributed by atoms with E-state index in [-0.39, 0.29) is 6.61 Å². The van der Waals surface area contributed by atoms with E-state index in [1.54, 1.807) is 17.5 Å². The van der Waals surface area contributed by atoms with Crippen molar-refractivity contribution in [3.8, 4) is 0 Å². The zero-order valence-electron chi connectivity index (χ0n) is 11.5. The molecule has 8 nitrogen and oxygen atoms in total. The Balaban J connectivity index is 2.15. The summed E-state index contributed by atoms with van der Waals surface area (Å²) >= 11 is 0. The molecule has 0 spiro atoms. The lowest BCUT2D eigenvalue weighted by Crippen LogP contribution is -2.33. The van der Waals surface area contributed by atoms with Gasteiger partial charge in [0.25, 0.3) is 5.56 Å². The van der Waals surface area contributed by atoms with E-state index < -0.39 is 11.7 Å². The van der Waals surface area contributed by atoms with Gasteiger partial charge in [-0.1, -0.05) is 0 Å². The van der Waals surface area contributed by atoms with Gasteiger partial charge in [-0.05, 0) is 19.9 Å². The summed E-state index contributed by atoms with van der Waals surface area (Å²) in [5, 5.41) is 4.65. The van der Waals surface area contributed by atoms with Crippen LogP contribution in [0.1, 0.15) is 12.6 Å². The van der Waals surface area contributed by atoms with Gasteiger partial charge in [-0.2, -0.15) is 5.10 Å². The van der Waals surface area contributed by atoms with Crippen LogP contribution in [0.15, 0.2) is 29.3 Å². The predicted molar refractivity (Wildman–Crippen MR) is 75.9 cm³/mol. The molecule has 3 heterocycles. The quantitative estimate of drug-likeness (QED) is 0.761. The molecule has 3 rings (SSSR count). The highest BCUT2D eigenvalue weighted by atomic mass is 16.6. The summed E-state index contributed by atoms with van der Waals surface area (Å²) in [6.07, 6.45) is 2.23. The molecular weight excluding hydrogens is 274 g/mol. The Morgan fingerprint density at radius 2 is 2.29 bits per heavy atom. The summed E-state index contributed by atoms with van der Waals surface area (Å²) in [7, 11) is 0. The second kappa shape index (κ2) is 4.89. The normalized spacial score (nSPS) is 11.0. The molecule has 8 heteroatoms. The molecule has 0 bridgehead atoms. The SMILES string of the molecule is CCOC(=O)Nn1ccc2c(cnc3cc(C)nn32)c1=O. The molecule has 0 saturated heterocycles. The van der Waals surface area contributed by atoms with Crippen LogP contribution in [0, 0.1) is 6.92 Å². The van der Waals surface area contributed by atoms with Gasteiger partial charge in [-0.25, -0.2) is 24.4 Å². The molecule has 0 fully saturated rings. The second-order valence-electron chi connectivity index (χ2n) is 4.44. The number of rotatable bonds is 2. The van der Waals surface area contributed by atoms with Gasteiger partial charge >= 0.3 is 6.09 Å². The molecular formula is C13H13N5O3. The number of ether oxygens (including phenoxy) is 1. The van der Waals surface area contributed by atoms with Crippen LogP contribution in [0.5, 0.6) is 0 Å². The van der Waals surface area contributed by atoms with Crippen molar-refractivity contribution in [3.05, 3.63) is 40.6 Å². The summed E-state index contributed by atoms with van der Waals surface area (Å²) in [5.74, 6) is 0. The van der Waals surface area contributed by atoms with Gasteiger partial charge in [0.15, 0.2) is 5.65 Å². The van der Waals surface area contributed by atoms with Gasteiger partial charge in [0.05, 0.1) is 23.2 Å². The molecule has 0 radical (unpaired) electrons. The molecule has 0 aliphatic carbocycles. The van der Waals surface area contributed by atoms with E-state index >= 15 is 0 Å². The maximum absolute atomic E-state index is 12.3. The third kappa shape index (κ3) is 2.20. The van der Waals surface area contributed by atoms with Gasteiger partial charge in [0.2, 0.25) is 0 Å². The maximum Gasteiger partial charge on any atom is 0.426 e. The maximum atomic E-state index is 12.3. The summed E-state index contributed by atoms with van der Waals surface area (Å²) in [5.41, 5.74) is 4.04. The number of aryl methyl sites for hydroxylation is 1. The van der Waals surface area contributed by atoms with Crippen LogP contribution in [0.4, 0.5) is 4.79 Å². The second-order valence-corrected chi connectivity index (χ2v) is 4.44. The Kier molecular flexibility index (Phi) is 3.05. The molecule has 1 N–H and O–H groups in total. The van der Waals surface area contributed by atoms with E-state index in [0.717, 1.165) is 10.4 Å². The number of hydrogen-bond acceptors (Lipinski definition) is 5. The van der Waals surface area contributed by atoms with Crippen molar-refractivity contribution in [2.45, 2.75) is 13.8 Å². The van der Waals surface area contributed by atoms with Gasteiger partial charge in [-0.15, -0.1) is 0 Å². The lowest BCUT2D eigenvalue weighted by atomic mass is 10.3. The van der Waals surface area contributed by atoms with Crippen molar-refractivity contribution in [2.75, 3.05) is 12.0 Å². The van der Waals surface area contributed by atoms with Gasteiger partial charge in [0, 0.05) is 18.5 Å². The smallest absolute Gasteiger partial charge is 0.426 e. The first-order valence-electron chi connectivity index (χ1n) is 6.40. The topological polar surface area (TPSA) is 90.5 Å². The van der Waals surface area contributed by atoms with Crippen LogP contribution in [-0.2, 0) is 4.74 Å². The molecule has 1 amide bonds. The predicted octanol–water partition coefficient (Wildman–Crippen LogP) is 1.05. The molecule has 0 aliphatic rings. The number of nitrogens with zero attached hydrogens (tertiary/aromatic N) is 4. The summed E-state index contributed by atoms with van der Waals surface area (Å²) in [6.45, 7) is 3.76. The first kappa shape index (κ1) is 13.1. The molecule has 0 aliphatic heterocycles. The Morgan fingerprint density at radius 3 is 3.05 bits per heavy atom. The highest BCUT2D eigenvalue weighted by Crippen LogP contribution is 2.11. The summed E-state index contributed by atoms with van der Waals surface area (Å²) in [4.78, 5) is 27.9. The monoisotopic (exact) mass is 287 g/mol. The minimum Gasteiger partial charge on any atom is -0.449 e. The zero-order valence-corrected chi connectivity index (χ0v) is 11.5. The average molecular weight is 287 g/mol. The number of hydrogen-bond donors (Lipinski definition) is 1. The van der Waals surface area contributed by atoms with Crippen LogP contribution in [0.3, 0.4) is 0 Å². The van der Waals surface area contributed by atoms with E-state index in [1.165, 1.54) is 12.4 Å². The van der Waals surface area contributed by atoms with E-state index in [4.69, 9.17) is 4.74 Å².